The number of nitro benzene ring substituents is 1. The van der Waals surface area contributed by atoms with Gasteiger partial charge in [0.15, 0.2) is 18.2 Å². The molecule has 1 heterocycles. The summed E-state index contributed by atoms with van der Waals surface area (Å²) in [5.41, 5.74) is -0.616. The number of carbonyl (C=O) groups excluding carboxylic acids is 3. The van der Waals surface area contributed by atoms with Crippen molar-refractivity contribution in [3.63, 3.8) is 0 Å². The fraction of sp³-hybridized carbons (Fsp3) is 0.100. The highest BCUT2D eigenvalue weighted by atomic mass is 35.5. The van der Waals surface area contributed by atoms with Crippen molar-refractivity contribution in [3.8, 4) is 0 Å². The van der Waals surface area contributed by atoms with Crippen LogP contribution < -0.4 is 5.32 Å². The van der Waals surface area contributed by atoms with Gasteiger partial charge in [0.1, 0.15) is 10.8 Å². The largest absolute Gasteiger partial charge is 0.452 e. The van der Waals surface area contributed by atoms with E-state index in [0.29, 0.717) is 5.76 Å². The van der Waals surface area contributed by atoms with E-state index in [1.807, 2.05) is 0 Å². The molecule has 3 rings (SSSR count). The van der Waals surface area contributed by atoms with Crippen LogP contribution in [0.15, 0.2) is 53.1 Å². The second kappa shape index (κ2) is 9.18. The molecule has 0 saturated heterocycles. The number of aromatic nitrogens is 1. The lowest BCUT2D eigenvalue weighted by Crippen LogP contribution is -2.22. The molecule has 158 valence electrons. The van der Waals surface area contributed by atoms with E-state index >= 15 is 0 Å². The van der Waals surface area contributed by atoms with Crippen LogP contribution in [0.4, 0.5) is 11.5 Å². The molecular formula is C20H14ClN3O7. The second-order valence-corrected chi connectivity index (χ2v) is 6.65. The third-order valence-electron chi connectivity index (χ3n) is 4.03. The predicted octanol–water partition coefficient (Wildman–Crippen LogP) is 3.57. The molecular weight excluding hydrogens is 430 g/mol. The number of benzene rings is 2. The van der Waals surface area contributed by atoms with Gasteiger partial charge in [0, 0.05) is 23.3 Å². The summed E-state index contributed by atoms with van der Waals surface area (Å²) in [7, 11) is 0. The quantitative estimate of drug-likeness (QED) is 0.253. The van der Waals surface area contributed by atoms with E-state index in [9.17, 15) is 24.5 Å². The summed E-state index contributed by atoms with van der Waals surface area (Å²) in [4.78, 5) is 47.6. The van der Waals surface area contributed by atoms with Crippen LogP contribution in [0.5, 0.6) is 0 Å². The Bertz CT molecular complexity index is 1190. The van der Waals surface area contributed by atoms with E-state index in [2.05, 4.69) is 10.5 Å². The smallest absolute Gasteiger partial charge is 0.339 e. The number of halogens is 1. The van der Waals surface area contributed by atoms with E-state index < -0.39 is 34.9 Å². The van der Waals surface area contributed by atoms with Crippen molar-refractivity contribution in [1.29, 1.82) is 0 Å². The Morgan fingerprint density at radius 3 is 2.52 bits per heavy atom. The van der Waals surface area contributed by atoms with Gasteiger partial charge in [-0.3, -0.25) is 19.7 Å². The maximum absolute atomic E-state index is 12.9. The average Bonchev–Trinajstić information content (AvgIpc) is 3.16. The fourth-order valence-corrected chi connectivity index (χ4v) is 2.81. The normalized spacial score (nSPS) is 10.4. The van der Waals surface area contributed by atoms with Gasteiger partial charge >= 0.3 is 5.97 Å². The standard InChI is InChI=1S/C20H14ClN3O7/c1-11-8-17(23-31-11)22-18(25)10-30-20(27)14-5-3-2-4-13(14)19(26)12-6-7-15(21)16(9-12)24(28)29/h2-9H,10H2,1H3,(H,22,23,25). The number of carbonyl (C=O) groups is 3. The molecule has 3 aromatic rings. The van der Waals surface area contributed by atoms with Crippen molar-refractivity contribution in [2.24, 2.45) is 0 Å². The lowest BCUT2D eigenvalue weighted by atomic mass is 9.98. The highest BCUT2D eigenvalue weighted by molar-refractivity contribution is 6.33. The topological polar surface area (TPSA) is 142 Å². The van der Waals surface area contributed by atoms with Crippen molar-refractivity contribution in [2.45, 2.75) is 6.92 Å². The molecule has 10 nitrogen and oxygen atoms in total. The number of ketones is 1. The minimum atomic E-state index is -0.918. The lowest BCUT2D eigenvalue weighted by molar-refractivity contribution is -0.384. The lowest BCUT2D eigenvalue weighted by Gasteiger charge is -2.09. The molecule has 11 heteroatoms. The van der Waals surface area contributed by atoms with Crippen LogP contribution in [-0.4, -0.2) is 34.3 Å². The number of nitro groups is 1. The number of esters is 1. The molecule has 1 amide bonds. The number of nitrogens with one attached hydrogen (secondary N) is 1. The van der Waals surface area contributed by atoms with Crippen LogP contribution in [0.3, 0.4) is 0 Å². The molecule has 1 aromatic heterocycles. The van der Waals surface area contributed by atoms with Gasteiger partial charge < -0.3 is 14.6 Å². The van der Waals surface area contributed by atoms with E-state index in [0.717, 1.165) is 6.07 Å². The SMILES string of the molecule is Cc1cc(NC(=O)COC(=O)c2ccccc2C(=O)c2ccc(Cl)c([N+](=O)[O-])c2)no1. The summed E-state index contributed by atoms with van der Waals surface area (Å²) in [6.07, 6.45) is 0. The number of hydrogen-bond acceptors (Lipinski definition) is 8. The van der Waals surface area contributed by atoms with Crippen LogP contribution in [0.25, 0.3) is 0 Å². The van der Waals surface area contributed by atoms with Crippen molar-refractivity contribution < 1.29 is 28.6 Å². The molecule has 0 spiro atoms. The fourth-order valence-electron chi connectivity index (χ4n) is 2.62. The Balaban J connectivity index is 1.75. The van der Waals surface area contributed by atoms with Gasteiger partial charge in [0.25, 0.3) is 11.6 Å². The Morgan fingerprint density at radius 2 is 1.87 bits per heavy atom. The number of nitrogens with zero attached hydrogens (tertiary/aromatic N) is 2. The zero-order valence-electron chi connectivity index (χ0n) is 16.0. The molecule has 0 unspecified atom stereocenters. The van der Waals surface area contributed by atoms with Gasteiger partial charge in [-0.25, -0.2) is 4.79 Å². The van der Waals surface area contributed by atoms with Crippen LogP contribution in [0.2, 0.25) is 5.02 Å². The summed E-state index contributed by atoms with van der Waals surface area (Å²) in [5, 5.41) is 16.9. The third-order valence-corrected chi connectivity index (χ3v) is 4.35. The first-order valence-electron chi connectivity index (χ1n) is 8.74. The van der Waals surface area contributed by atoms with Crippen molar-refractivity contribution in [2.75, 3.05) is 11.9 Å². The van der Waals surface area contributed by atoms with Crippen molar-refractivity contribution in [1.82, 2.24) is 5.16 Å². The number of anilines is 1. The molecule has 31 heavy (non-hydrogen) atoms. The first-order chi connectivity index (χ1) is 14.8. The first kappa shape index (κ1) is 21.7. The van der Waals surface area contributed by atoms with Crippen molar-refractivity contribution in [3.05, 3.63) is 86.1 Å². The van der Waals surface area contributed by atoms with Gasteiger partial charge in [-0.05, 0) is 25.1 Å². The van der Waals surface area contributed by atoms with Gasteiger partial charge in [-0.2, -0.15) is 0 Å². The Morgan fingerprint density at radius 1 is 1.16 bits per heavy atom. The summed E-state index contributed by atoms with van der Waals surface area (Å²) in [5.74, 6) is -1.56. The minimum Gasteiger partial charge on any atom is -0.452 e. The summed E-state index contributed by atoms with van der Waals surface area (Å²) < 4.78 is 9.80. The summed E-state index contributed by atoms with van der Waals surface area (Å²) in [6.45, 7) is 1.02. The van der Waals surface area contributed by atoms with E-state index in [4.69, 9.17) is 20.9 Å². The second-order valence-electron chi connectivity index (χ2n) is 6.25. The molecule has 0 saturated carbocycles. The predicted molar refractivity (Wildman–Crippen MR) is 108 cm³/mol. The van der Waals surface area contributed by atoms with Gasteiger partial charge in [-0.1, -0.05) is 35.0 Å². The highest BCUT2D eigenvalue weighted by Crippen LogP contribution is 2.27. The van der Waals surface area contributed by atoms with Crippen LogP contribution in [0, 0.1) is 17.0 Å². The highest BCUT2D eigenvalue weighted by Gasteiger charge is 2.22. The molecule has 0 atom stereocenters. The van der Waals surface area contributed by atoms with Gasteiger partial charge in [0.05, 0.1) is 10.5 Å². The number of hydrogen-bond donors (Lipinski definition) is 1. The Hall–Kier alpha value is -4.05. The first-order valence-corrected chi connectivity index (χ1v) is 9.12. The molecule has 2 aromatic carbocycles. The summed E-state index contributed by atoms with van der Waals surface area (Å²) in [6, 6.07) is 10.8. The van der Waals surface area contributed by atoms with Crippen LogP contribution >= 0.6 is 11.6 Å². The maximum atomic E-state index is 12.9. The third kappa shape index (κ3) is 5.11. The molecule has 0 aliphatic rings. The zero-order chi connectivity index (χ0) is 22.5. The molecule has 0 aliphatic heterocycles. The molecule has 0 aliphatic carbocycles. The van der Waals surface area contributed by atoms with Crippen molar-refractivity contribution >= 4 is 40.8 Å². The van der Waals surface area contributed by atoms with E-state index in [-0.39, 0.29) is 27.5 Å². The number of amides is 1. The maximum Gasteiger partial charge on any atom is 0.339 e. The number of aryl methyl sites for hydroxylation is 1. The monoisotopic (exact) mass is 443 g/mol. The Labute approximate surface area is 179 Å². The molecule has 0 bridgehead atoms. The molecule has 1 N–H and O–H groups in total. The van der Waals surface area contributed by atoms with E-state index in [1.165, 1.54) is 42.5 Å². The van der Waals surface area contributed by atoms with Gasteiger partial charge in [-0.15, -0.1) is 0 Å². The number of rotatable bonds is 7. The average molecular weight is 444 g/mol. The number of ether oxygens (including phenoxy) is 1. The zero-order valence-corrected chi connectivity index (χ0v) is 16.7. The molecule has 0 radical (unpaired) electrons. The summed E-state index contributed by atoms with van der Waals surface area (Å²) >= 11 is 5.78. The van der Waals surface area contributed by atoms with Crippen LogP contribution in [-0.2, 0) is 9.53 Å². The minimum absolute atomic E-state index is 0.0319. The van der Waals surface area contributed by atoms with Gasteiger partial charge in [0.2, 0.25) is 0 Å². The van der Waals surface area contributed by atoms with Crippen LogP contribution in [0.1, 0.15) is 32.0 Å². The molecule has 0 fully saturated rings. The van der Waals surface area contributed by atoms with E-state index in [1.54, 1.807) is 6.92 Å². The Kier molecular flexibility index (Phi) is 6.41.